The van der Waals surface area contributed by atoms with Crippen molar-refractivity contribution in [2.45, 2.75) is 19.0 Å². The smallest absolute Gasteiger partial charge is 0.263 e. The zero-order chi connectivity index (χ0) is 20.7. The second-order valence-electron chi connectivity index (χ2n) is 6.84. The van der Waals surface area contributed by atoms with Gasteiger partial charge in [0.1, 0.15) is 12.4 Å². The summed E-state index contributed by atoms with van der Waals surface area (Å²) in [5, 5.41) is 10.3. The van der Waals surface area contributed by atoms with Crippen LogP contribution in [0.4, 0.5) is 4.39 Å². The summed E-state index contributed by atoms with van der Waals surface area (Å²) in [5.41, 5.74) is 0.734. The SMILES string of the molecule is O=C(Cn1cnc2cc(F)ccc2c1=O)N1N=C(c2cccs2)C[C@H]1c1cccs1. The van der Waals surface area contributed by atoms with Crippen molar-refractivity contribution >= 4 is 45.2 Å². The molecule has 4 aromatic rings. The maximum atomic E-state index is 13.4. The Kier molecular flexibility index (Phi) is 4.76. The number of amides is 1. The monoisotopic (exact) mass is 438 g/mol. The van der Waals surface area contributed by atoms with Crippen molar-refractivity contribution in [2.75, 3.05) is 0 Å². The summed E-state index contributed by atoms with van der Waals surface area (Å²) in [6.07, 6.45) is 1.90. The fourth-order valence-electron chi connectivity index (χ4n) is 3.50. The molecular weight excluding hydrogens is 423 g/mol. The first-order valence-electron chi connectivity index (χ1n) is 9.21. The van der Waals surface area contributed by atoms with Crippen molar-refractivity contribution < 1.29 is 9.18 Å². The van der Waals surface area contributed by atoms with Crippen molar-refractivity contribution in [2.24, 2.45) is 5.10 Å². The van der Waals surface area contributed by atoms with Gasteiger partial charge in [0.05, 0.1) is 33.9 Å². The van der Waals surface area contributed by atoms with E-state index in [1.807, 2.05) is 35.0 Å². The number of halogens is 1. The predicted molar refractivity (Wildman–Crippen MR) is 115 cm³/mol. The Labute approximate surface area is 178 Å². The molecule has 3 aromatic heterocycles. The van der Waals surface area contributed by atoms with Crippen molar-refractivity contribution in [1.82, 2.24) is 14.6 Å². The Balaban J connectivity index is 1.48. The summed E-state index contributed by atoms with van der Waals surface area (Å²) in [6, 6.07) is 11.5. The van der Waals surface area contributed by atoms with Gasteiger partial charge in [-0.2, -0.15) is 5.10 Å². The van der Waals surface area contributed by atoms with Crippen molar-refractivity contribution in [3.63, 3.8) is 0 Å². The van der Waals surface area contributed by atoms with Gasteiger partial charge < -0.3 is 0 Å². The zero-order valence-electron chi connectivity index (χ0n) is 15.6. The zero-order valence-corrected chi connectivity index (χ0v) is 17.2. The fraction of sp³-hybridized carbons (Fsp3) is 0.143. The highest BCUT2D eigenvalue weighted by molar-refractivity contribution is 7.12. The lowest BCUT2D eigenvalue weighted by molar-refractivity contribution is -0.133. The van der Waals surface area contributed by atoms with Crippen LogP contribution < -0.4 is 5.56 Å². The largest absolute Gasteiger partial charge is 0.289 e. The number of benzene rings is 1. The standard InChI is InChI=1S/C21H15FN4O2S2/c22-13-5-6-14-15(9-13)23-12-25(21(14)28)11-20(27)26-17(19-4-2-8-30-19)10-16(24-26)18-3-1-7-29-18/h1-9,12,17H,10-11H2/t17-/m0/s1. The molecule has 1 aliphatic rings. The molecule has 5 rings (SSSR count). The third-order valence-corrected chi connectivity index (χ3v) is 6.83. The van der Waals surface area contributed by atoms with E-state index in [0.717, 1.165) is 15.5 Å². The molecule has 1 amide bonds. The molecule has 9 heteroatoms. The van der Waals surface area contributed by atoms with Gasteiger partial charge in [0, 0.05) is 17.4 Å². The molecule has 0 aliphatic carbocycles. The highest BCUT2D eigenvalue weighted by atomic mass is 32.1. The Bertz CT molecular complexity index is 1310. The molecule has 0 saturated carbocycles. The summed E-state index contributed by atoms with van der Waals surface area (Å²) >= 11 is 3.15. The topological polar surface area (TPSA) is 67.6 Å². The quantitative estimate of drug-likeness (QED) is 0.483. The van der Waals surface area contributed by atoms with E-state index in [4.69, 9.17) is 0 Å². The van der Waals surface area contributed by atoms with Crippen LogP contribution in [0.15, 0.2) is 69.4 Å². The van der Waals surface area contributed by atoms with Crippen LogP contribution in [0, 0.1) is 5.82 Å². The highest BCUT2D eigenvalue weighted by Crippen LogP contribution is 2.36. The average molecular weight is 439 g/mol. The van der Waals surface area contributed by atoms with Crippen LogP contribution in [-0.4, -0.2) is 26.2 Å². The average Bonchev–Trinajstić information content (AvgIpc) is 3.50. The van der Waals surface area contributed by atoms with Crippen LogP contribution in [-0.2, 0) is 11.3 Å². The third-order valence-electron chi connectivity index (χ3n) is 4.94. The summed E-state index contributed by atoms with van der Waals surface area (Å²) < 4.78 is 14.6. The highest BCUT2D eigenvalue weighted by Gasteiger charge is 2.34. The van der Waals surface area contributed by atoms with Gasteiger partial charge in [0.15, 0.2) is 0 Å². The molecular formula is C21H15FN4O2S2. The number of hydrogen-bond donors (Lipinski definition) is 0. The molecule has 1 aromatic carbocycles. The van der Waals surface area contributed by atoms with Crippen LogP contribution >= 0.6 is 22.7 Å². The van der Waals surface area contributed by atoms with Gasteiger partial charge >= 0.3 is 0 Å². The Morgan fingerprint density at radius 1 is 1.17 bits per heavy atom. The first kappa shape index (κ1) is 18.8. The molecule has 0 saturated heterocycles. The van der Waals surface area contributed by atoms with E-state index < -0.39 is 5.82 Å². The number of aromatic nitrogens is 2. The lowest BCUT2D eigenvalue weighted by atomic mass is 10.1. The Morgan fingerprint density at radius 3 is 2.77 bits per heavy atom. The number of carbonyl (C=O) groups is 1. The molecule has 6 nitrogen and oxygen atoms in total. The molecule has 30 heavy (non-hydrogen) atoms. The molecule has 0 fully saturated rings. The van der Waals surface area contributed by atoms with Crippen LogP contribution in [0.3, 0.4) is 0 Å². The minimum atomic E-state index is -0.463. The lowest BCUT2D eigenvalue weighted by Gasteiger charge is -2.21. The Morgan fingerprint density at radius 2 is 2.00 bits per heavy atom. The van der Waals surface area contributed by atoms with Gasteiger partial charge in [-0.15, -0.1) is 22.7 Å². The maximum absolute atomic E-state index is 13.4. The number of thiophene rings is 2. The first-order valence-corrected chi connectivity index (χ1v) is 11.0. The van der Waals surface area contributed by atoms with E-state index in [0.29, 0.717) is 6.42 Å². The Hall–Kier alpha value is -3.17. The van der Waals surface area contributed by atoms with Crippen molar-refractivity contribution in [3.8, 4) is 0 Å². The van der Waals surface area contributed by atoms with E-state index in [2.05, 4.69) is 10.1 Å². The van der Waals surface area contributed by atoms with Crippen LogP contribution in [0.25, 0.3) is 10.9 Å². The molecule has 0 radical (unpaired) electrons. The predicted octanol–water partition coefficient (Wildman–Crippen LogP) is 4.04. The van der Waals surface area contributed by atoms with Gasteiger partial charge in [-0.05, 0) is 35.0 Å². The van der Waals surface area contributed by atoms with E-state index in [-0.39, 0.29) is 35.0 Å². The van der Waals surface area contributed by atoms with Crippen LogP contribution in [0.5, 0.6) is 0 Å². The van der Waals surface area contributed by atoms with Crippen LogP contribution in [0.2, 0.25) is 0 Å². The van der Waals surface area contributed by atoms with E-state index in [1.165, 1.54) is 34.1 Å². The molecule has 0 spiro atoms. The third kappa shape index (κ3) is 3.35. The van der Waals surface area contributed by atoms with E-state index >= 15 is 0 Å². The molecule has 1 atom stereocenters. The molecule has 150 valence electrons. The number of rotatable bonds is 4. The lowest BCUT2D eigenvalue weighted by Crippen LogP contribution is -2.33. The first-order chi connectivity index (χ1) is 14.6. The fourth-order valence-corrected chi connectivity index (χ4v) is 5.03. The van der Waals surface area contributed by atoms with E-state index in [9.17, 15) is 14.0 Å². The molecule has 0 unspecified atom stereocenters. The normalized spacial score (nSPS) is 16.2. The number of carbonyl (C=O) groups excluding carboxylic acids is 1. The van der Waals surface area contributed by atoms with Crippen LogP contribution in [0.1, 0.15) is 22.2 Å². The molecule has 1 aliphatic heterocycles. The van der Waals surface area contributed by atoms with Gasteiger partial charge in [0.2, 0.25) is 0 Å². The number of hydrazone groups is 1. The summed E-state index contributed by atoms with van der Waals surface area (Å²) in [6.45, 7) is -0.192. The maximum Gasteiger partial charge on any atom is 0.263 e. The second kappa shape index (κ2) is 7.58. The van der Waals surface area contributed by atoms with Crippen molar-refractivity contribution in [1.29, 1.82) is 0 Å². The summed E-state index contributed by atoms with van der Waals surface area (Å²) in [5.74, 6) is -0.764. The van der Waals surface area contributed by atoms with E-state index in [1.54, 1.807) is 22.7 Å². The minimum absolute atomic E-state index is 0.192. The number of hydrogen-bond acceptors (Lipinski definition) is 6. The van der Waals surface area contributed by atoms with Gasteiger partial charge in [-0.25, -0.2) is 14.4 Å². The molecule has 4 heterocycles. The summed E-state index contributed by atoms with van der Waals surface area (Å²) in [4.78, 5) is 32.1. The van der Waals surface area contributed by atoms with Gasteiger partial charge in [0.25, 0.3) is 11.5 Å². The molecule has 0 N–H and O–H groups in total. The van der Waals surface area contributed by atoms with Crippen molar-refractivity contribution in [3.05, 3.63) is 85.5 Å². The minimum Gasteiger partial charge on any atom is -0.289 e. The van der Waals surface area contributed by atoms with Gasteiger partial charge in [-0.3, -0.25) is 14.2 Å². The summed E-state index contributed by atoms with van der Waals surface area (Å²) in [7, 11) is 0. The van der Waals surface area contributed by atoms with Gasteiger partial charge in [-0.1, -0.05) is 12.1 Å². The molecule has 0 bridgehead atoms. The second-order valence-corrected chi connectivity index (χ2v) is 8.76. The number of nitrogens with zero attached hydrogens (tertiary/aromatic N) is 4. The number of fused-ring (bicyclic) bond motifs is 1.